The van der Waals surface area contributed by atoms with Crippen LogP contribution in [0.5, 0.6) is 0 Å². The average Bonchev–Trinajstić information content (AvgIpc) is 2.55. The Morgan fingerprint density at radius 3 is 2.64 bits per heavy atom. The molecular formula is C17H22ClN3O. The van der Waals surface area contributed by atoms with Gasteiger partial charge in [-0.1, -0.05) is 30.3 Å². The Balaban J connectivity index is 2.19. The van der Waals surface area contributed by atoms with Gasteiger partial charge in [-0.05, 0) is 31.2 Å². The number of aryl methyl sites for hydroxylation is 1. The fourth-order valence-corrected chi connectivity index (χ4v) is 2.02. The van der Waals surface area contributed by atoms with Gasteiger partial charge in [-0.2, -0.15) is 5.26 Å². The fraction of sp³-hybridized carbons (Fsp3) is 0.412. The summed E-state index contributed by atoms with van der Waals surface area (Å²) in [5, 5.41) is 14.6. The van der Waals surface area contributed by atoms with Crippen molar-refractivity contribution >= 4 is 17.5 Å². The number of nitrogens with zero attached hydrogens (tertiary/aromatic N) is 1. The molecule has 0 aliphatic rings. The summed E-state index contributed by atoms with van der Waals surface area (Å²) < 4.78 is 0. The highest BCUT2D eigenvalue weighted by molar-refractivity contribution is 6.17. The molecule has 0 aromatic heterocycles. The third-order valence-corrected chi connectivity index (χ3v) is 3.35. The largest absolute Gasteiger partial charge is 0.390 e. The molecule has 1 aromatic rings. The molecule has 0 atom stereocenters. The molecular weight excluding hydrogens is 298 g/mol. The number of nitriles is 1. The fourth-order valence-electron chi connectivity index (χ4n) is 1.89. The van der Waals surface area contributed by atoms with E-state index in [1.807, 2.05) is 24.3 Å². The Kier molecular flexibility index (Phi) is 9.56. The lowest BCUT2D eigenvalue weighted by atomic mass is 10.1. The van der Waals surface area contributed by atoms with Crippen LogP contribution in [0.3, 0.4) is 0 Å². The highest BCUT2D eigenvalue weighted by Gasteiger charge is 2.06. The maximum Gasteiger partial charge on any atom is 0.263 e. The van der Waals surface area contributed by atoms with E-state index in [4.69, 9.17) is 16.9 Å². The summed E-state index contributed by atoms with van der Waals surface area (Å²) in [6.07, 6.45) is 5.26. The highest BCUT2D eigenvalue weighted by atomic mass is 35.5. The van der Waals surface area contributed by atoms with Gasteiger partial charge in [0.1, 0.15) is 11.6 Å². The summed E-state index contributed by atoms with van der Waals surface area (Å²) in [5.74, 6) is 0.135. The first-order chi connectivity index (χ1) is 10.8. The molecule has 0 radical (unpaired) electrons. The van der Waals surface area contributed by atoms with Crippen molar-refractivity contribution in [1.82, 2.24) is 10.6 Å². The number of hydrogen-bond donors (Lipinski definition) is 2. The lowest BCUT2D eigenvalue weighted by Gasteiger charge is -2.04. The van der Waals surface area contributed by atoms with Gasteiger partial charge in [0.05, 0.1) is 0 Å². The minimum absolute atomic E-state index is 0.0950. The van der Waals surface area contributed by atoms with Gasteiger partial charge in [0.25, 0.3) is 5.91 Å². The van der Waals surface area contributed by atoms with Gasteiger partial charge in [0.15, 0.2) is 0 Å². The van der Waals surface area contributed by atoms with Crippen molar-refractivity contribution in [3.8, 4) is 6.07 Å². The second-order valence-electron chi connectivity index (χ2n) is 4.87. The number of carbonyl (C=O) groups is 1. The summed E-state index contributed by atoms with van der Waals surface area (Å²) in [5.41, 5.74) is 1.42. The van der Waals surface area contributed by atoms with Crippen molar-refractivity contribution in [2.75, 3.05) is 19.0 Å². The van der Waals surface area contributed by atoms with E-state index in [2.05, 4.69) is 22.8 Å². The summed E-state index contributed by atoms with van der Waals surface area (Å²) in [6, 6.07) is 12.2. The van der Waals surface area contributed by atoms with E-state index in [0.29, 0.717) is 18.8 Å². The predicted molar refractivity (Wildman–Crippen MR) is 89.4 cm³/mol. The van der Waals surface area contributed by atoms with Crippen molar-refractivity contribution in [1.29, 1.82) is 5.26 Å². The zero-order valence-electron chi connectivity index (χ0n) is 12.6. The average molecular weight is 320 g/mol. The quantitative estimate of drug-likeness (QED) is 0.302. The van der Waals surface area contributed by atoms with E-state index in [9.17, 15) is 4.79 Å². The normalized spacial score (nSPS) is 10.8. The van der Waals surface area contributed by atoms with Crippen LogP contribution in [-0.2, 0) is 11.2 Å². The van der Waals surface area contributed by atoms with Gasteiger partial charge >= 0.3 is 0 Å². The van der Waals surface area contributed by atoms with E-state index in [0.717, 1.165) is 25.8 Å². The van der Waals surface area contributed by atoms with Gasteiger partial charge in [0, 0.05) is 25.2 Å². The van der Waals surface area contributed by atoms with Gasteiger partial charge in [0.2, 0.25) is 0 Å². The molecule has 0 saturated carbocycles. The first kappa shape index (κ1) is 18.1. The predicted octanol–water partition coefficient (Wildman–Crippen LogP) is 2.75. The third kappa shape index (κ3) is 7.70. The van der Waals surface area contributed by atoms with Gasteiger partial charge in [-0.3, -0.25) is 4.79 Å². The molecule has 118 valence electrons. The molecule has 4 nitrogen and oxygen atoms in total. The standard InChI is InChI=1S/C17H22ClN3O/c18-10-6-12-21-17(22)16(13-19)14-20-11-5-4-9-15-7-2-1-3-8-15/h1-3,7-8,14,20H,4-6,9-12H2,(H,21,22)/b16-14-. The Labute approximate surface area is 137 Å². The number of unbranched alkanes of at least 4 members (excludes halogenated alkanes) is 1. The zero-order valence-corrected chi connectivity index (χ0v) is 13.4. The lowest BCUT2D eigenvalue weighted by Crippen LogP contribution is -2.27. The van der Waals surface area contributed by atoms with Crippen LogP contribution in [0, 0.1) is 11.3 Å². The van der Waals surface area contributed by atoms with Crippen LogP contribution < -0.4 is 10.6 Å². The van der Waals surface area contributed by atoms with Crippen molar-refractivity contribution in [2.45, 2.75) is 25.7 Å². The lowest BCUT2D eigenvalue weighted by molar-refractivity contribution is -0.117. The molecule has 0 spiro atoms. The van der Waals surface area contributed by atoms with Crippen molar-refractivity contribution in [3.05, 3.63) is 47.7 Å². The van der Waals surface area contributed by atoms with Crippen LogP contribution in [-0.4, -0.2) is 24.9 Å². The van der Waals surface area contributed by atoms with E-state index >= 15 is 0 Å². The van der Waals surface area contributed by atoms with E-state index in [-0.39, 0.29) is 11.5 Å². The molecule has 0 fully saturated rings. The molecule has 0 saturated heterocycles. The molecule has 0 aliphatic carbocycles. The van der Waals surface area contributed by atoms with Gasteiger partial charge in [-0.25, -0.2) is 0 Å². The number of alkyl halides is 1. The molecule has 0 bridgehead atoms. The van der Waals surface area contributed by atoms with Crippen LogP contribution in [0.2, 0.25) is 0 Å². The number of nitrogens with one attached hydrogen (secondary N) is 2. The summed E-state index contributed by atoms with van der Waals surface area (Å²) in [6.45, 7) is 1.23. The summed E-state index contributed by atoms with van der Waals surface area (Å²) >= 11 is 5.53. The van der Waals surface area contributed by atoms with Crippen LogP contribution >= 0.6 is 11.6 Å². The topological polar surface area (TPSA) is 64.9 Å². The molecule has 1 amide bonds. The van der Waals surface area contributed by atoms with Gasteiger partial charge < -0.3 is 10.6 Å². The van der Waals surface area contributed by atoms with E-state index in [1.165, 1.54) is 11.8 Å². The Hall–Kier alpha value is -1.99. The molecule has 1 rings (SSSR count). The molecule has 5 heteroatoms. The van der Waals surface area contributed by atoms with Crippen LogP contribution in [0.1, 0.15) is 24.8 Å². The van der Waals surface area contributed by atoms with Crippen LogP contribution in [0.4, 0.5) is 0 Å². The molecule has 2 N–H and O–H groups in total. The third-order valence-electron chi connectivity index (χ3n) is 3.09. The maximum atomic E-state index is 11.7. The maximum absolute atomic E-state index is 11.7. The SMILES string of the molecule is N#C/C(=C/NCCCCc1ccccc1)C(=O)NCCCCl. The smallest absolute Gasteiger partial charge is 0.263 e. The second kappa shape index (κ2) is 11.6. The van der Waals surface area contributed by atoms with Crippen LogP contribution in [0.15, 0.2) is 42.1 Å². The van der Waals surface area contributed by atoms with E-state index < -0.39 is 0 Å². The molecule has 0 heterocycles. The number of halogens is 1. The molecule has 0 aliphatic heterocycles. The minimum Gasteiger partial charge on any atom is -0.390 e. The van der Waals surface area contributed by atoms with Crippen molar-refractivity contribution in [2.24, 2.45) is 0 Å². The van der Waals surface area contributed by atoms with Gasteiger partial charge in [-0.15, -0.1) is 11.6 Å². The zero-order chi connectivity index (χ0) is 16.0. The number of carbonyl (C=O) groups excluding carboxylic acids is 1. The number of benzene rings is 1. The summed E-state index contributed by atoms with van der Waals surface area (Å²) in [4.78, 5) is 11.7. The summed E-state index contributed by atoms with van der Waals surface area (Å²) in [7, 11) is 0. The van der Waals surface area contributed by atoms with Crippen LogP contribution in [0.25, 0.3) is 0 Å². The van der Waals surface area contributed by atoms with Crippen molar-refractivity contribution < 1.29 is 4.79 Å². The number of amides is 1. The van der Waals surface area contributed by atoms with Crippen molar-refractivity contribution in [3.63, 3.8) is 0 Å². The Morgan fingerprint density at radius 2 is 1.95 bits per heavy atom. The molecule has 22 heavy (non-hydrogen) atoms. The Bertz CT molecular complexity index is 508. The monoisotopic (exact) mass is 319 g/mol. The first-order valence-electron chi connectivity index (χ1n) is 7.49. The highest BCUT2D eigenvalue weighted by Crippen LogP contribution is 2.03. The number of hydrogen-bond acceptors (Lipinski definition) is 3. The number of rotatable bonds is 10. The van der Waals surface area contributed by atoms with E-state index in [1.54, 1.807) is 0 Å². The molecule has 1 aromatic carbocycles. The second-order valence-corrected chi connectivity index (χ2v) is 5.24. The molecule has 0 unspecified atom stereocenters. The Morgan fingerprint density at radius 1 is 1.18 bits per heavy atom. The minimum atomic E-state index is -0.357. The first-order valence-corrected chi connectivity index (χ1v) is 8.03.